The second kappa shape index (κ2) is 5.78. The summed E-state index contributed by atoms with van der Waals surface area (Å²) in [6.45, 7) is 0. The summed E-state index contributed by atoms with van der Waals surface area (Å²) in [6, 6.07) is 7.91. The molecule has 18 heavy (non-hydrogen) atoms. The van der Waals surface area contributed by atoms with Gasteiger partial charge in [-0.1, -0.05) is 27.5 Å². The van der Waals surface area contributed by atoms with E-state index < -0.39 is 0 Å². The van der Waals surface area contributed by atoms with Crippen molar-refractivity contribution >= 4 is 27.5 Å². The molecule has 94 valence electrons. The van der Waals surface area contributed by atoms with E-state index in [2.05, 4.69) is 26.2 Å². The SMILES string of the molecule is CNC(c1cc(Br)ccc1F)c1ncccc1Cl. The van der Waals surface area contributed by atoms with E-state index in [0.717, 1.165) is 4.47 Å². The summed E-state index contributed by atoms with van der Waals surface area (Å²) in [5, 5.41) is 3.55. The van der Waals surface area contributed by atoms with Crippen LogP contribution < -0.4 is 5.32 Å². The first kappa shape index (κ1) is 13.5. The van der Waals surface area contributed by atoms with E-state index >= 15 is 0 Å². The van der Waals surface area contributed by atoms with Crippen LogP contribution in [-0.4, -0.2) is 12.0 Å². The van der Waals surface area contributed by atoms with Crippen LogP contribution in [0.25, 0.3) is 0 Å². The Morgan fingerprint density at radius 3 is 2.83 bits per heavy atom. The van der Waals surface area contributed by atoms with Crippen molar-refractivity contribution in [2.75, 3.05) is 7.05 Å². The predicted molar refractivity (Wildman–Crippen MR) is 74.2 cm³/mol. The van der Waals surface area contributed by atoms with Crippen molar-refractivity contribution in [1.82, 2.24) is 10.3 Å². The van der Waals surface area contributed by atoms with Crippen LogP contribution in [0, 0.1) is 5.82 Å². The lowest BCUT2D eigenvalue weighted by molar-refractivity contribution is 0.570. The molecule has 2 rings (SSSR count). The van der Waals surface area contributed by atoms with E-state index in [1.165, 1.54) is 6.07 Å². The second-order valence-electron chi connectivity index (χ2n) is 3.76. The maximum atomic E-state index is 13.9. The Morgan fingerprint density at radius 2 is 2.17 bits per heavy atom. The van der Waals surface area contributed by atoms with Crippen LogP contribution in [0.2, 0.25) is 5.02 Å². The van der Waals surface area contributed by atoms with Crippen molar-refractivity contribution < 1.29 is 4.39 Å². The Balaban J connectivity index is 2.52. The van der Waals surface area contributed by atoms with Crippen LogP contribution in [0.3, 0.4) is 0 Å². The Morgan fingerprint density at radius 1 is 1.39 bits per heavy atom. The molecule has 0 bridgehead atoms. The van der Waals surface area contributed by atoms with Crippen LogP contribution in [-0.2, 0) is 0 Å². The first-order valence-corrected chi connectivity index (χ1v) is 6.53. The fraction of sp³-hybridized carbons (Fsp3) is 0.154. The summed E-state index contributed by atoms with van der Waals surface area (Å²) in [5.41, 5.74) is 1.12. The molecule has 1 N–H and O–H groups in total. The van der Waals surface area contributed by atoms with Crippen LogP contribution in [0.1, 0.15) is 17.3 Å². The maximum absolute atomic E-state index is 13.9. The summed E-state index contributed by atoms with van der Waals surface area (Å²) >= 11 is 9.44. The molecule has 1 unspecified atom stereocenters. The number of nitrogens with zero attached hydrogens (tertiary/aromatic N) is 1. The third kappa shape index (κ3) is 2.71. The van der Waals surface area contributed by atoms with Gasteiger partial charge in [0.05, 0.1) is 16.8 Å². The van der Waals surface area contributed by atoms with Gasteiger partial charge in [-0.05, 0) is 37.4 Å². The van der Waals surface area contributed by atoms with Gasteiger partial charge in [0.1, 0.15) is 5.82 Å². The highest BCUT2D eigenvalue weighted by Crippen LogP contribution is 2.29. The summed E-state index contributed by atoms with van der Waals surface area (Å²) in [6.07, 6.45) is 1.64. The lowest BCUT2D eigenvalue weighted by atomic mass is 10.0. The van der Waals surface area contributed by atoms with Crippen molar-refractivity contribution in [3.05, 3.63) is 63.1 Å². The molecular weight excluding hydrogens is 319 g/mol. The van der Waals surface area contributed by atoms with E-state index in [1.807, 2.05) is 0 Å². The Kier molecular flexibility index (Phi) is 4.32. The minimum Gasteiger partial charge on any atom is -0.308 e. The molecule has 0 aliphatic heterocycles. The van der Waals surface area contributed by atoms with Crippen LogP contribution in [0.5, 0.6) is 0 Å². The van der Waals surface area contributed by atoms with Gasteiger partial charge in [0, 0.05) is 16.2 Å². The maximum Gasteiger partial charge on any atom is 0.128 e. The molecule has 1 aromatic carbocycles. The third-order valence-electron chi connectivity index (χ3n) is 2.62. The highest BCUT2D eigenvalue weighted by Gasteiger charge is 2.20. The lowest BCUT2D eigenvalue weighted by Crippen LogP contribution is -2.20. The monoisotopic (exact) mass is 328 g/mol. The van der Waals surface area contributed by atoms with Gasteiger partial charge < -0.3 is 5.32 Å². The molecule has 1 atom stereocenters. The van der Waals surface area contributed by atoms with Gasteiger partial charge in [-0.2, -0.15) is 0 Å². The molecule has 0 fully saturated rings. The van der Waals surface area contributed by atoms with Gasteiger partial charge in [0.15, 0.2) is 0 Å². The molecular formula is C13H11BrClFN2. The average molecular weight is 330 g/mol. The van der Waals surface area contributed by atoms with Crippen molar-refractivity contribution in [1.29, 1.82) is 0 Å². The smallest absolute Gasteiger partial charge is 0.128 e. The highest BCUT2D eigenvalue weighted by molar-refractivity contribution is 9.10. The fourth-order valence-electron chi connectivity index (χ4n) is 1.79. The van der Waals surface area contributed by atoms with Crippen molar-refractivity contribution in [2.45, 2.75) is 6.04 Å². The molecule has 0 spiro atoms. The quantitative estimate of drug-likeness (QED) is 0.922. The lowest BCUT2D eigenvalue weighted by Gasteiger charge is -2.18. The van der Waals surface area contributed by atoms with Crippen molar-refractivity contribution in [3.63, 3.8) is 0 Å². The molecule has 0 radical (unpaired) electrons. The summed E-state index contributed by atoms with van der Waals surface area (Å²) in [4.78, 5) is 4.22. The predicted octanol–water partition coefficient (Wildman–Crippen LogP) is 3.95. The molecule has 2 aromatic rings. The van der Waals surface area contributed by atoms with Gasteiger partial charge in [-0.3, -0.25) is 4.98 Å². The first-order valence-electron chi connectivity index (χ1n) is 5.36. The van der Waals surface area contributed by atoms with Gasteiger partial charge >= 0.3 is 0 Å². The normalized spacial score (nSPS) is 12.4. The van der Waals surface area contributed by atoms with E-state index in [-0.39, 0.29) is 11.9 Å². The Bertz CT molecular complexity index is 562. The minimum absolute atomic E-state index is 0.292. The number of rotatable bonds is 3. The molecule has 0 aliphatic rings. The van der Waals surface area contributed by atoms with E-state index in [4.69, 9.17) is 11.6 Å². The number of nitrogens with one attached hydrogen (secondary N) is 1. The minimum atomic E-state index is -0.379. The Labute approximate surface area is 118 Å². The summed E-state index contributed by atoms with van der Waals surface area (Å²) in [7, 11) is 1.75. The number of pyridine rings is 1. The zero-order valence-corrected chi connectivity index (χ0v) is 12.0. The van der Waals surface area contributed by atoms with E-state index in [1.54, 1.807) is 37.5 Å². The van der Waals surface area contributed by atoms with Crippen LogP contribution in [0.4, 0.5) is 4.39 Å². The average Bonchev–Trinajstić information content (AvgIpc) is 2.36. The highest BCUT2D eigenvalue weighted by atomic mass is 79.9. The van der Waals surface area contributed by atoms with Gasteiger partial charge in [-0.25, -0.2) is 4.39 Å². The number of halogens is 3. The van der Waals surface area contributed by atoms with Crippen LogP contribution >= 0.6 is 27.5 Å². The van der Waals surface area contributed by atoms with Gasteiger partial charge in [0.2, 0.25) is 0 Å². The molecule has 0 saturated carbocycles. The molecule has 1 heterocycles. The zero-order chi connectivity index (χ0) is 13.1. The van der Waals surface area contributed by atoms with E-state index in [9.17, 15) is 4.39 Å². The molecule has 1 aromatic heterocycles. The number of hydrogen-bond acceptors (Lipinski definition) is 2. The van der Waals surface area contributed by atoms with E-state index in [0.29, 0.717) is 16.3 Å². The zero-order valence-electron chi connectivity index (χ0n) is 9.62. The molecule has 5 heteroatoms. The fourth-order valence-corrected chi connectivity index (χ4v) is 2.40. The first-order chi connectivity index (χ1) is 8.63. The third-order valence-corrected chi connectivity index (χ3v) is 3.43. The number of aromatic nitrogens is 1. The topological polar surface area (TPSA) is 24.9 Å². The standard InChI is InChI=1S/C13H11BrClFN2/c1-17-12(13-10(15)3-2-6-18-13)9-7-8(14)4-5-11(9)16/h2-7,12,17H,1H3. The number of benzene rings is 1. The summed E-state index contributed by atoms with van der Waals surface area (Å²) in [5.74, 6) is -0.292. The molecule has 0 amide bonds. The molecule has 0 aliphatic carbocycles. The molecule has 0 saturated heterocycles. The Hall–Kier alpha value is -0.970. The summed E-state index contributed by atoms with van der Waals surface area (Å²) < 4.78 is 14.7. The second-order valence-corrected chi connectivity index (χ2v) is 5.08. The number of hydrogen-bond donors (Lipinski definition) is 1. The van der Waals surface area contributed by atoms with Crippen LogP contribution in [0.15, 0.2) is 41.0 Å². The largest absolute Gasteiger partial charge is 0.308 e. The molecule has 2 nitrogen and oxygen atoms in total. The van der Waals surface area contributed by atoms with Gasteiger partial charge in [0.25, 0.3) is 0 Å². The van der Waals surface area contributed by atoms with Gasteiger partial charge in [-0.15, -0.1) is 0 Å². The van der Waals surface area contributed by atoms with Crippen molar-refractivity contribution in [3.8, 4) is 0 Å². The van der Waals surface area contributed by atoms with Crippen molar-refractivity contribution in [2.24, 2.45) is 0 Å².